The summed E-state index contributed by atoms with van der Waals surface area (Å²) in [7, 11) is -3.81. The monoisotopic (exact) mass is 414 g/mol. The van der Waals surface area contributed by atoms with Crippen molar-refractivity contribution in [3.63, 3.8) is 0 Å². The highest BCUT2D eigenvalue weighted by atomic mass is 32.2. The molecule has 4 N–H and O–H groups in total. The van der Waals surface area contributed by atoms with Crippen LogP contribution in [0.1, 0.15) is 0 Å². The molecular weight excluding hydrogens is 400 g/mol. The van der Waals surface area contributed by atoms with Crippen molar-refractivity contribution in [3.8, 4) is 11.4 Å². The first-order chi connectivity index (χ1) is 13.7. The summed E-state index contributed by atoms with van der Waals surface area (Å²) in [4.78, 5) is 22.0. The number of sulfone groups is 1. The van der Waals surface area contributed by atoms with Gasteiger partial charge in [-0.25, -0.2) is 18.4 Å². The second-order valence-corrected chi connectivity index (χ2v) is 7.77. The SMILES string of the molecule is CS(=O)(=O)c1cc([N+](=O)[O-])ccc1N=Nc1c(N)nc(-c2ccncc2)nc1N. The van der Waals surface area contributed by atoms with Gasteiger partial charge < -0.3 is 11.5 Å². The number of benzene rings is 1. The molecule has 3 rings (SSSR count). The van der Waals surface area contributed by atoms with Crippen molar-refractivity contribution in [2.45, 2.75) is 4.90 Å². The van der Waals surface area contributed by atoms with Gasteiger partial charge in [0.15, 0.2) is 33.0 Å². The maximum absolute atomic E-state index is 12.0. The number of nitrogen functional groups attached to an aromatic ring is 2. The summed E-state index contributed by atoms with van der Waals surface area (Å²) in [6.07, 6.45) is 4.01. The molecule has 148 valence electrons. The summed E-state index contributed by atoms with van der Waals surface area (Å²) in [5.74, 6) is 0.111. The first kappa shape index (κ1) is 19.8. The van der Waals surface area contributed by atoms with Crippen molar-refractivity contribution in [2.24, 2.45) is 10.2 Å². The van der Waals surface area contributed by atoms with Crippen molar-refractivity contribution in [1.29, 1.82) is 0 Å². The minimum Gasteiger partial charge on any atom is -0.382 e. The summed E-state index contributed by atoms with van der Waals surface area (Å²) < 4.78 is 23.9. The van der Waals surface area contributed by atoms with E-state index < -0.39 is 20.4 Å². The van der Waals surface area contributed by atoms with E-state index in [-0.39, 0.29) is 33.7 Å². The highest BCUT2D eigenvalue weighted by Gasteiger charge is 2.19. The Morgan fingerprint density at radius 3 is 2.21 bits per heavy atom. The number of azo groups is 1. The van der Waals surface area contributed by atoms with Gasteiger partial charge in [0.25, 0.3) is 5.69 Å². The Labute approximate surface area is 164 Å². The number of nitrogens with two attached hydrogens (primary N) is 2. The lowest BCUT2D eigenvalue weighted by molar-refractivity contribution is -0.385. The maximum atomic E-state index is 12.0. The van der Waals surface area contributed by atoms with E-state index in [1.807, 2.05) is 0 Å². The molecule has 29 heavy (non-hydrogen) atoms. The molecule has 0 saturated carbocycles. The molecule has 12 nitrogen and oxygen atoms in total. The number of aromatic nitrogens is 3. The van der Waals surface area contributed by atoms with Gasteiger partial charge >= 0.3 is 0 Å². The number of pyridine rings is 1. The van der Waals surface area contributed by atoms with Crippen LogP contribution < -0.4 is 11.5 Å². The van der Waals surface area contributed by atoms with Crippen LogP contribution in [0.4, 0.5) is 28.7 Å². The average Bonchev–Trinajstić information content (AvgIpc) is 2.67. The van der Waals surface area contributed by atoms with Gasteiger partial charge in [-0.15, -0.1) is 10.2 Å². The van der Waals surface area contributed by atoms with Crippen molar-refractivity contribution < 1.29 is 13.3 Å². The number of anilines is 2. The van der Waals surface area contributed by atoms with Gasteiger partial charge in [-0.1, -0.05) is 0 Å². The molecule has 1 aromatic carbocycles. The zero-order valence-corrected chi connectivity index (χ0v) is 15.7. The van der Waals surface area contributed by atoms with Crippen LogP contribution in [-0.4, -0.2) is 34.5 Å². The van der Waals surface area contributed by atoms with E-state index in [1.54, 1.807) is 24.5 Å². The molecule has 0 aliphatic carbocycles. The summed E-state index contributed by atoms with van der Waals surface area (Å²) >= 11 is 0. The predicted molar refractivity (Wildman–Crippen MR) is 104 cm³/mol. The molecule has 0 aliphatic rings. The second kappa shape index (κ2) is 7.55. The molecule has 0 radical (unpaired) electrons. The Hall–Kier alpha value is -4.00. The van der Waals surface area contributed by atoms with Gasteiger partial charge in [-0.3, -0.25) is 15.1 Å². The number of nitro groups is 1. The van der Waals surface area contributed by atoms with Crippen LogP contribution in [0.2, 0.25) is 0 Å². The van der Waals surface area contributed by atoms with E-state index in [1.165, 1.54) is 0 Å². The van der Waals surface area contributed by atoms with Gasteiger partial charge in [0, 0.05) is 36.3 Å². The van der Waals surface area contributed by atoms with Gasteiger partial charge in [0.05, 0.1) is 4.92 Å². The summed E-state index contributed by atoms with van der Waals surface area (Å²) in [6, 6.07) is 6.52. The zero-order chi connectivity index (χ0) is 21.2. The fraction of sp³-hybridized carbons (Fsp3) is 0.0625. The molecule has 2 heterocycles. The maximum Gasteiger partial charge on any atom is 0.270 e. The van der Waals surface area contributed by atoms with E-state index in [4.69, 9.17) is 11.5 Å². The van der Waals surface area contributed by atoms with E-state index in [2.05, 4.69) is 25.2 Å². The summed E-state index contributed by atoms with van der Waals surface area (Å²) in [5, 5.41) is 18.6. The minimum absolute atomic E-state index is 0.0550. The minimum atomic E-state index is -3.81. The standard InChI is InChI=1S/C16H14N8O4S/c1-29(27,28)12-8-10(24(25)26)2-3-11(12)22-23-13-14(17)20-16(21-15(13)18)9-4-6-19-7-5-9/h2-8H,1H3,(H4,17,18,20,21). The first-order valence-corrected chi connectivity index (χ1v) is 9.79. The van der Waals surface area contributed by atoms with Crippen LogP contribution in [0.25, 0.3) is 11.4 Å². The highest BCUT2D eigenvalue weighted by Crippen LogP contribution is 2.33. The summed E-state index contributed by atoms with van der Waals surface area (Å²) in [5.41, 5.74) is 11.9. The van der Waals surface area contributed by atoms with Crippen molar-refractivity contribution in [2.75, 3.05) is 17.7 Å². The molecule has 2 aromatic heterocycles. The normalized spacial score (nSPS) is 11.6. The Kier molecular flexibility index (Phi) is 5.14. The largest absolute Gasteiger partial charge is 0.382 e. The molecule has 3 aromatic rings. The number of hydrogen-bond donors (Lipinski definition) is 2. The van der Waals surface area contributed by atoms with Crippen LogP contribution in [0.3, 0.4) is 0 Å². The van der Waals surface area contributed by atoms with Crippen molar-refractivity contribution in [1.82, 2.24) is 15.0 Å². The van der Waals surface area contributed by atoms with E-state index in [0.29, 0.717) is 5.56 Å². The molecular formula is C16H14N8O4S. The lowest BCUT2D eigenvalue weighted by Gasteiger charge is -2.06. The van der Waals surface area contributed by atoms with Crippen LogP contribution in [0, 0.1) is 10.1 Å². The Morgan fingerprint density at radius 1 is 1.03 bits per heavy atom. The van der Waals surface area contributed by atoms with Crippen molar-refractivity contribution >= 4 is 38.5 Å². The number of nitrogens with zero attached hydrogens (tertiary/aromatic N) is 6. The number of nitro benzene ring substituents is 1. The van der Waals surface area contributed by atoms with Gasteiger partial charge in [0.1, 0.15) is 10.6 Å². The Bertz CT molecular complexity index is 1210. The first-order valence-electron chi connectivity index (χ1n) is 7.90. The molecule has 0 unspecified atom stereocenters. The molecule has 13 heteroatoms. The predicted octanol–water partition coefficient (Wildman–Crippen LogP) is 2.43. The van der Waals surface area contributed by atoms with E-state index in [0.717, 1.165) is 24.5 Å². The van der Waals surface area contributed by atoms with Crippen LogP contribution in [0.5, 0.6) is 0 Å². The van der Waals surface area contributed by atoms with Crippen molar-refractivity contribution in [3.05, 3.63) is 52.8 Å². The van der Waals surface area contributed by atoms with Crippen LogP contribution >= 0.6 is 0 Å². The fourth-order valence-corrected chi connectivity index (χ4v) is 3.15. The fourth-order valence-electron chi connectivity index (χ4n) is 2.32. The Balaban J connectivity index is 2.04. The third-order valence-corrected chi connectivity index (χ3v) is 4.81. The van der Waals surface area contributed by atoms with Gasteiger partial charge in [-0.2, -0.15) is 0 Å². The third kappa shape index (κ3) is 4.30. The molecule has 0 aliphatic heterocycles. The molecule has 0 bridgehead atoms. The lowest BCUT2D eigenvalue weighted by Crippen LogP contribution is -2.01. The van der Waals surface area contributed by atoms with Gasteiger partial charge in [-0.05, 0) is 18.2 Å². The van der Waals surface area contributed by atoms with E-state index >= 15 is 0 Å². The highest BCUT2D eigenvalue weighted by molar-refractivity contribution is 7.90. The smallest absolute Gasteiger partial charge is 0.270 e. The quantitative estimate of drug-likeness (QED) is 0.358. The average molecular weight is 414 g/mol. The molecule has 0 fully saturated rings. The molecule has 0 amide bonds. The second-order valence-electron chi connectivity index (χ2n) is 5.78. The number of non-ortho nitro benzene ring substituents is 1. The molecule has 0 spiro atoms. The number of rotatable bonds is 5. The number of hydrogen-bond acceptors (Lipinski definition) is 11. The topological polar surface area (TPSA) is 193 Å². The van der Waals surface area contributed by atoms with Gasteiger partial charge in [0.2, 0.25) is 0 Å². The molecule has 0 saturated heterocycles. The van der Waals surface area contributed by atoms with E-state index in [9.17, 15) is 18.5 Å². The third-order valence-electron chi connectivity index (χ3n) is 3.69. The van der Waals surface area contributed by atoms with Crippen LogP contribution in [-0.2, 0) is 9.84 Å². The lowest BCUT2D eigenvalue weighted by atomic mass is 10.2. The summed E-state index contributed by atoms with van der Waals surface area (Å²) in [6.45, 7) is 0. The molecule has 0 atom stereocenters. The Morgan fingerprint density at radius 2 is 1.66 bits per heavy atom. The van der Waals surface area contributed by atoms with Crippen LogP contribution in [0.15, 0.2) is 57.8 Å². The zero-order valence-electron chi connectivity index (χ0n) is 14.9.